The number of nitrogens with zero attached hydrogens (tertiary/aromatic N) is 1. The van der Waals surface area contributed by atoms with Crippen molar-refractivity contribution in [1.29, 1.82) is 0 Å². The van der Waals surface area contributed by atoms with E-state index in [0.29, 0.717) is 26.1 Å². The number of nitrogens with one attached hydrogen (secondary N) is 1. The third-order valence-electron chi connectivity index (χ3n) is 6.87. The molecule has 1 fully saturated rings. The zero-order valence-electron chi connectivity index (χ0n) is 19.6. The lowest BCUT2D eigenvalue weighted by atomic mass is 9.74. The number of carbonyl (C=O) groups excluding carboxylic acids is 1. The highest BCUT2D eigenvalue weighted by atomic mass is 16.5. The van der Waals surface area contributed by atoms with Crippen molar-refractivity contribution in [2.24, 2.45) is 0 Å². The first kappa shape index (κ1) is 22.4. The molecular formula is C28H30N2O4. The molecule has 6 heteroatoms. The van der Waals surface area contributed by atoms with Gasteiger partial charge in [0.25, 0.3) is 0 Å². The first-order chi connectivity index (χ1) is 16.6. The van der Waals surface area contributed by atoms with E-state index in [1.807, 2.05) is 54.6 Å². The van der Waals surface area contributed by atoms with Gasteiger partial charge in [-0.05, 0) is 28.8 Å². The van der Waals surface area contributed by atoms with E-state index in [1.54, 1.807) is 14.2 Å². The highest BCUT2D eigenvalue weighted by Gasteiger charge is 2.55. The van der Waals surface area contributed by atoms with Gasteiger partial charge in [0.15, 0.2) is 0 Å². The van der Waals surface area contributed by atoms with Crippen LogP contribution in [-0.4, -0.2) is 50.8 Å². The highest BCUT2D eigenvalue weighted by Crippen LogP contribution is 2.44. The van der Waals surface area contributed by atoms with Gasteiger partial charge in [0, 0.05) is 44.9 Å². The van der Waals surface area contributed by atoms with E-state index in [-0.39, 0.29) is 12.0 Å². The average Bonchev–Trinajstić information content (AvgIpc) is 3.15. The quantitative estimate of drug-likeness (QED) is 0.525. The molecule has 0 saturated carbocycles. The maximum absolute atomic E-state index is 12.7. The first-order valence-electron chi connectivity index (χ1n) is 11.6. The number of hydrogen-bond acceptors (Lipinski definition) is 5. The van der Waals surface area contributed by atoms with Crippen molar-refractivity contribution in [2.45, 2.75) is 24.5 Å². The molecule has 0 bridgehead atoms. The van der Waals surface area contributed by atoms with Crippen LogP contribution in [0.4, 0.5) is 5.69 Å². The molecule has 1 atom stereocenters. The molecular weight excluding hydrogens is 428 g/mol. The van der Waals surface area contributed by atoms with Crippen LogP contribution in [0.3, 0.4) is 0 Å². The number of benzene rings is 3. The Hall–Kier alpha value is -3.35. The molecule has 1 unspecified atom stereocenters. The molecule has 0 aromatic heterocycles. The van der Waals surface area contributed by atoms with Crippen LogP contribution in [0.1, 0.15) is 16.7 Å². The Labute approximate surface area is 200 Å². The van der Waals surface area contributed by atoms with Crippen molar-refractivity contribution < 1.29 is 19.0 Å². The molecule has 6 nitrogen and oxygen atoms in total. The number of fused-ring (bicyclic) bond motifs is 2. The number of likely N-dealkylation sites (tertiary alicyclic amines) is 1. The molecule has 0 aliphatic carbocycles. The summed E-state index contributed by atoms with van der Waals surface area (Å²) < 4.78 is 17.5. The van der Waals surface area contributed by atoms with E-state index in [2.05, 4.69) is 28.4 Å². The second-order valence-electron chi connectivity index (χ2n) is 9.06. The molecule has 3 aromatic rings. The van der Waals surface area contributed by atoms with Crippen LogP contribution in [0.25, 0.3) is 0 Å². The van der Waals surface area contributed by atoms with Gasteiger partial charge in [-0.2, -0.15) is 0 Å². The van der Waals surface area contributed by atoms with E-state index < -0.39 is 5.41 Å². The Morgan fingerprint density at radius 3 is 2.53 bits per heavy atom. The summed E-state index contributed by atoms with van der Waals surface area (Å²) in [7, 11) is 3.40. The van der Waals surface area contributed by atoms with Gasteiger partial charge in [0.05, 0.1) is 13.2 Å². The number of amides is 1. The predicted octanol–water partition coefficient (Wildman–Crippen LogP) is 4.04. The molecule has 2 aliphatic rings. The van der Waals surface area contributed by atoms with Crippen LogP contribution >= 0.6 is 0 Å². The lowest BCUT2D eigenvalue weighted by Gasteiger charge is -2.47. The fourth-order valence-electron chi connectivity index (χ4n) is 4.99. The number of anilines is 1. The van der Waals surface area contributed by atoms with Crippen molar-refractivity contribution in [1.82, 2.24) is 4.90 Å². The fraction of sp³-hybridized carbons (Fsp3) is 0.321. The maximum Gasteiger partial charge on any atom is 0.237 e. The predicted molar refractivity (Wildman–Crippen MR) is 131 cm³/mol. The van der Waals surface area contributed by atoms with Gasteiger partial charge in [-0.15, -0.1) is 0 Å². The van der Waals surface area contributed by atoms with Crippen LogP contribution in [0.5, 0.6) is 11.5 Å². The van der Waals surface area contributed by atoms with Crippen molar-refractivity contribution in [3.63, 3.8) is 0 Å². The fourth-order valence-corrected chi connectivity index (χ4v) is 4.99. The summed E-state index contributed by atoms with van der Waals surface area (Å²) in [6.45, 7) is 2.64. The van der Waals surface area contributed by atoms with Crippen molar-refractivity contribution >= 4 is 11.6 Å². The summed E-state index contributed by atoms with van der Waals surface area (Å²) in [4.78, 5) is 15.0. The normalized spacial score (nSPS) is 17.1. The molecule has 0 radical (unpaired) electrons. The monoisotopic (exact) mass is 458 g/mol. The molecule has 3 aromatic carbocycles. The number of rotatable bonds is 9. The van der Waals surface area contributed by atoms with E-state index in [4.69, 9.17) is 14.2 Å². The van der Waals surface area contributed by atoms with Crippen LogP contribution in [0.2, 0.25) is 0 Å². The average molecular weight is 459 g/mol. The van der Waals surface area contributed by atoms with E-state index in [1.165, 1.54) is 0 Å². The topological polar surface area (TPSA) is 60.0 Å². The summed E-state index contributed by atoms with van der Waals surface area (Å²) in [5.74, 6) is 1.66. The number of methoxy groups -OCH3 is 2. The van der Waals surface area contributed by atoms with Gasteiger partial charge in [-0.25, -0.2) is 0 Å². The van der Waals surface area contributed by atoms with E-state index in [9.17, 15) is 4.79 Å². The van der Waals surface area contributed by atoms with Crippen LogP contribution in [0, 0.1) is 0 Å². The van der Waals surface area contributed by atoms with Crippen molar-refractivity contribution in [3.8, 4) is 11.5 Å². The molecule has 1 spiro atoms. The van der Waals surface area contributed by atoms with Gasteiger partial charge >= 0.3 is 0 Å². The summed E-state index contributed by atoms with van der Waals surface area (Å²) in [5.41, 5.74) is 3.80. The lowest BCUT2D eigenvalue weighted by Crippen LogP contribution is -2.64. The molecule has 176 valence electrons. The zero-order valence-corrected chi connectivity index (χ0v) is 19.6. The third-order valence-corrected chi connectivity index (χ3v) is 6.87. The van der Waals surface area contributed by atoms with Crippen LogP contribution in [-0.2, 0) is 28.0 Å². The van der Waals surface area contributed by atoms with Gasteiger partial charge in [0.2, 0.25) is 5.91 Å². The summed E-state index contributed by atoms with van der Waals surface area (Å²) in [5, 5.41) is 3.04. The summed E-state index contributed by atoms with van der Waals surface area (Å²) >= 11 is 0. The lowest BCUT2D eigenvalue weighted by molar-refractivity contribution is -0.128. The summed E-state index contributed by atoms with van der Waals surface area (Å²) in [6, 6.07) is 24.0. The molecule has 5 rings (SSSR count). The first-order valence-corrected chi connectivity index (χ1v) is 11.6. The van der Waals surface area contributed by atoms with Crippen LogP contribution < -0.4 is 14.8 Å². The Balaban J connectivity index is 1.25. The van der Waals surface area contributed by atoms with Gasteiger partial charge in [-0.3, -0.25) is 9.69 Å². The minimum atomic E-state index is -0.432. The molecule has 1 N–H and O–H groups in total. The van der Waals surface area contributed by atoms with Crippen LogP contribution in [0.15, 0.2) is 72.8 Å². The Kier molecular flexibility index (Phi) is 6.26. The number of para-hydroxylation sites is 1. The standard InChI is InChI=1S/C28H30N2O4/c1-32-22-13-12-21(26(15-22)34-17-20-8-4-3-5-9-20)14-23(33-2)16-30-18-28(19-30)24-10-6-7-11-25(24)29-27(28)31/h3-13,15,23H,14,16-19H2,1-2H3,(H,29,31). The second-order valence-corrected chi connectivity index (χ2v) is 9.06. The Bertz CT molecular complexity index is 1160. The van der Waals surface area contributed by atoms with Gasteiger partial charge < -0.3 is 19.5 Å². The minimum Gasteiger partial charge on any atom is -0.497 e. The minimum absolute atomic E-state index is 0.0236. The SMILES string of the molecule is COc1ccc(CC(CN2CC3(C2)C(=O)Nc2ccccc23)OC)c(OCc2ccccc2)c1. The van der Waals surface area contributed by atoms with Gasteiger partial charge in [0.1, 0.15) is 23.5 Å². The number of hydrogen-bond donors (Lipinski definition) is 1. The highest BCUT2D eigenvalue weighted by molar-refractivity contribution is 6.07. The molecule has 1 amide bonds. The summed E-state index contributed by atoms with van der Waals surface area (Å²) in [6.07, 6.45) is 0.682. The molecule has 2 aliphatic heterocycles. The third kappa shape index (κ3) is 4.27. The maximum atomic E-state index is 12.7. The second kappa shape index (κ2) is 9.49. The smallest absolute Gasteiger partial charge is 0.237 e. The van der Waals surface area contributed by atoms with Crippen molar-refractivity contribution in [2.75, 3.05) is 39.2 Å². The van der Waals surface area contributed by atoms with Gasteiger partial charge in [-0.1, -0.05) is 54.6 Å². The Morgan fingerprint density at radius 1 is 1.00 bits per heavy atom. The molecule has 34 heavy (non-hydrogen) atoms. The molecule has 2 heterocycles. The van der Waals surface area contributed by atoms with E-state index in [0.717, 1.165) is 40.4 Å². The number of ether oxygens (including phenoxy) is 3. The number of carbonyl (C=O) groups is 1. The van der Waals surface area contributed by atoms with E-state index >= 15 is 0 Å². The van der Waals surface area contributed by atoms with Crippen molar-refractivity contribution in [3.05, 3.63) is 89.5 Å². The molecule has 1 saturated heterocycles. The zero-order chi connectivity index (χ0) is 23.5. The Morgan fingerprint density at radius 2 is 1.76 bits per heavy atom. The largest absolute Gasteiger partial charge is 0.497 e.